The Labute approximate surface area is 107 Å². The van der Waals surface area contributed by atoms with Crippen LogP contribution < -0.4 is 11.3 Å². The number of methoxy groups -OCH3 is 1. The minimum atomic E-state index is -0.000641. The van der Waals surface area contributed by atoms with E-state index in [0.29, 0.717) is 0 Å². The minimum Gasteiger partial charge on any atom is -0.378 e. The molecule has 0 amide bonds. The van der Waals surface area contributed by atoms with Gasteiger partial charge in [-0.25, -0.2) is 0 Å². The summed E-state index contributed by atoms with van der Waals surface area (Å²) in [5.41, 5.74) is 3.98. The third-order valence-corrected chi connectivity index (χ3v) is 3.96. The van der Waals surface area contributed by atoms with Crippen molar-refractivity contribution < 1.29 is 4.74 Å². The van der Waals surface area contributed by atoms with Gasteiger partial charge in [0.15, 0.2) is 0 Å². The lowest BCUT2D eigenvalue weighted by Crippen LogP contribution is -2.44. The van der Waals surface area contributed by atoms with E-state index in [-0.39, 0.29) is 11.6 Å². The van der Waals surface area contributed by atoms with Crippen LogP contribution in [0.5, 0.6) is 0 Å². The quantitative estimate of drug-likeness (QED) is 0.628. The lowest BCUT2D eigenvalue weighted by Gasteiger charge is -2.42. The zero-order chi connectivity index (χ0) is 12.3. The van der Waals surface area contributed by atoms with Crippen LogP contribution in [0.2, 0.25) is 5.02 Å². The first kappa shape index (κ1) is 12.8. The Morgan fingerprint density at radius 1 is 1.53 bits per heavy atom. The normalized spacial score (nSPS) is 19.7. The summed E-state index contributed by atoms with van der Waals surface area (Å²) < 4.78 is 5.63. The van der Waals surface area contributed by atoms with E-state index in [2.05, 4.69) is 5.43 Å². The summed E-state index contributed by atoms with van der Waals surface area (Å²) in [6, 6.07) is 7.90. The SMILES string of the molecule is COC1(CC(NN)c2cccc(Cl)c2)CCC1. The van der Waals surface area contributed by atoms with Gasteiger partial charge in [-0.05, 0) is 43.4 Å². The highest BCUT2D eigenvalue weighted by molar-refractivity contribution is 6.30. The Hall–Kier alpha value is -0.610. The number of rotatable bonds is 5. The van der Waals surface area contributed by atoms with Crippen LogP contribution in [-0.2, 0) is 4.74 Å². The standard InChI is InChI=1S/C13H19ClN2O/c1-17-13(6-3-7-13)9-12(16-15)10-4-2-5-11(14)8-10/h2,4-5,8,12,16H,3,6-7,9,15H2,1H3. The number of hydrogen-bond donors (Lipinski definition) is 2. The van der Waals surface area contributed by atoms with E-state index in [1.807, 2.05) is 24.3 Å². The van der Waals surface area contributed by atoms with Crippen LogP contribution in [0, 0.1) is 0 Å². The number of ether oxygens (including phenoxy) is 1. The summed E-state index contributed by atoms with van der Waals surface area (Å²) in [6.45, 7) is 0. The molecule has 1 aliphatic carbocycles. The monoisotopic (exact) mass is 254 g/mol. The molecule has 1 aliphatic rings. The Morgan fingerprint density at radius 2 is 2.29 bits per heavy atom. The third-order valence-electron chi connectivity index (χ3n) is 3.73. The smallest absolute Gasteiger partial charge is 0.0697 e. The fourth-order valence-electron chi connectivity index (χ4n) is 2.43. The van der Waals surface area contributed by atoms with Crippen molar-refractivity contribution in [2.45, 2.75) is 37.3 Å². The van der Waals surface area contributed by atoms with Gasteiger partial charge in [0, 0.05) is 18.2 Å². The molecule has 4 heteroatoms. The molecular formula is C13H19ClN2O. The highest BCUT2D eigenvalue weighted by atomic mass is 35.5. The molecule has 1 aromatic carbocycles. The molecule has 3 N–H and O–H groups in total. The van der Waals surface area contributed by atoms with Crippen LogP contribution in [0.15, 0.2) is 24.3 Å². The molecule has 1 unspecified atom stereocenters. The number of benzene rings is 1. The minimum absolute atomic E-state index is 0.000641. The first-order chi connectivity index (χ1) is 8.19. The van der Waals surface area contributed by atoms with Gasteiger partial charge in [0.25, 0.3) is 0 Å². The van der Waals surface area contributed by atoms with Gasteiger partial charge in [0.05, 0.1) is 5.60 Å². The molecule has 2 rings (SSSR count). The highest BCUT2D eigenvalue weighted by Crippen LogP contribution is 2.41. The van der Waals surface area contributed by atoms with Crippen molar-refractivity contribution in [2.24, 2.45) is 5.84 Å². The topological polar surface area (TPSA) is 47.3 Å². The molecule has 0 radical (unpaired) electrons. The van der Waals surface area contributed by atoms with Crippen molar-refractivity contribution in [3.05, 3.63) is 34.9 Å². The maximum atomic E-state index is 6.00. The average Bonchev–Trinajstić information content (AvgIpc) is 2.29. The van der Waals surface area contributed by atoms with E-state index < -0.39 is 0 Å². The van der Waals surface area contributed by atoms with E-state index in [1.54, 1.807) is 7.11 Å². The summed E-state index contributed by atoms with van der Waals surface area (Å²) in [5.74, 6) is 5.65. The van der Waals surface area contributed by atoms with Crippen LogP contribution in [0.3, 0.4) is 0 Å². The van der Waals surface area contributed by atoms with Gasteiger partial charge in [-0.2, -0.15) is 0 Å². The van der Waals surface area contributed by atoms with Crippen molar-refractivity contribution >= 4 is 11.6 Å². The predicted octanol–water partition coefficient (Wildman–Crippen LogP) is 2.80. The van der Waals surface area contributed by atoms with Crippen molar-refractivity contribution in [3.8, 4) is 0 Å². The maximum Gasteiger partial charge on any atom is 0.0697 e. The van der Waals surface area contributed by atoms with Crippen molar-refractivity contribution in [2.75, 3.05) is 7.11 Å². The fraction of sp³-hybridized carbons (Fsp3) is 0.538. The number of hydrazine groups is 1. The fourth-order valence-corrected chi connectivity index (χ4v) is 2.63. The highest BCUT2D eigenvalue weighted by Gasteiger charge is 2.39. The van der Waals surface area contributed by atoms with E-state index in [4.69, 9.17) is 22.2 Å². The molecule has 0 aromatic heterocycles. The van der Waals surface area contributed by atoms with Crippen molar-refractivity contribution in [3.63, 3.8) is 0 Å². The Morgan fingerprint density at radius 3 is 2.76 bits per heavy atom. The Kier molecular flexibility index (Phi) is 4.05. The molecule has 1 fully saturated rings. The van der Waals surface area contributed by atoms with Crippen molar-refractivity contribution in [1.82, 2.24) is 5.43 Å². The van der Waals surface area contributed by atoms with Gasteiger partial charge in [0.1, 0.15) is 0 Å². The maximum absolute atomic E-state index is 6.00. The van der Waals surface area contributed by atoms with E-state index in [0.717, 1.165) is 29.8 Å². The molecule has 0 aliphatic heterocycles. The van der Waals surface area contributed by atoms with Gasteiger partial charge in [-0.3, -0.25) is 11.3 Å². The number of nitrogens with one attached hydrogen (secondary N) is 1. The molecule has 3 nitrogen and oxygen atoms in total. The molecule has 0 spiro atoms. The van der Waals surface area contributed by atoms with Crippen molar-refractivity contribution in [1.29, 1.82) is 0 Å². The lowest BCUT2D eigenvalue weighted by molar-refractivity contribution is -0.0838. The molecule has 94 valence electrons. The zero-order valence-corrected chi connectivity index (χ0v) is 10.8. The summed E-state index contributed by atoms with van der Waals surface area (Å²) in [4.78, 5) is 0. The van der Waals surface area contributed by atoms with E-state index in [9.17, 15) is 0 Å². The number of hydrogen-bond acceptors (Lipinski definition) is 3. The van der Waals surface area contributed by atoms with Gasteiger partial charge < -0.3 is 4.74 Å². The van der Waals surface area contributed by atoms with E-state index >= 15 is 0 Å². The predicted molar refractivity (Wildman–Crippen MR) is 69.7 cm³/mol. The Bertz CT molecular complexity index is 374. The summed E-state index contributed by atoms with van der Waals surface area (Å²) in [6.07, 6.45) is 4.35. The van der Waals surface area contributed by atoms with E-state index in [1.165, 1.54) is 6.42 Å². The summed E-state index contributed by atoms with van der Waals surface area (Å²) >= 11 is 6.00. The Balaban J connectivity index is 2.11. The second-order valence-electron chi connectivity index (χ2n) is 4.72. The third kappa shape index (κ3) is 2.80. The number of nitrogens with two attached hydrogens (primary N) is 1. The van der Waals surface area contributed by atoms with Gasteiger partial charge in [-0.15, -0.1) is 0 Å². The largest absolute Gasteiger partial charge is 0.378 e. The second-order valence-corrected chi connectivity index (χ2v) is 5.16. The zero-order valence-electron chi connectivity index (χ0n) is 10.1. The molecule has 1 atom stereocenters. The van der Waals surface area contributed by atoms with Gasteiger partial charge in [0.2, 0.25) is 0 Å². The van der Waals surface area contributed by atoms with Crippen LogP contribution in [-0.4, -0.2) is 12.7 Å². The van der Waals surface area contributed by atoms with Crippen LogP contribution in [0.1, 0.15) is 37.3 Å². The molecule has 0 bridgehead atoms. The first-order valence-corrected chi connectivity index (χ1v) is 6.34. The van der Waals surface area contributed by atoms with Gasteiger partial charge in [-0.1, -0.05) is 23.7 Å². The summed E-state index contributed by atoms with van der Waals surface area (Å²) in [7, 11) is 1.78. The lowest BCUT2D eigenvalue weighted by atomic mass is 9.75. The van der Waals surface area contributed by atoms with Crippen LogP contribution in [0.25, 0.3) is 0 Å². The molecular weight excluding hydrogens is 236 g/mol. The average molecular weight is 255 g/mol. The molecule has 0 heterocycles. The molecule has 0 saturated heterocycles. The molecule has 1 saturated carbocycles. The second kappa shape index (κ2) is 5.36. The first-order valence-electron chi connectivity index (χ1n) is 5.96. The van der Waals surface area contributed by atoms with Crippen LogP contribution >= 0.6 is 11.6 Å². The van der Waals surface area contributed by atoms with Gasteiger partial charge >= 0.3 is 0 Å². The number of halogens is 1. The summed E-state index contributed by atoms with van der Waals surface area (Å²) in [5, 5.41) is 0.739. The molecule has 1 aromatic rings. The van der Waals surface area contributed by atoms with Crippen LogP contribution in [0.4, 0.5) is 0 Å². The molecule has 17 heavy (non-hydrogen) atoms.